The molecule has 2 rings (SSSR count). The average Bonchev–Trinajstić information content (AvgIpc) is 2.28. The maximum absolute atomic E-state index is 11.6. The number of ether oxygens (including phenoxy) is 1. The van der Waals surface area contributed by atoms with E-state index in [9.17, 15) is 4.79 Å². The van der Waals surface area contributed by atoms with Crippen LogP contribution in [0.2, 0.25) is 0 Å². The second-order valence-corrected chi connectivity index (χ2v) is 3.34. The maximum atomic E-state index is 11.6. The summed E-state index contributed by atoms with van der Waals surface area (Å²) in [5.41, 5.74) is 0.409. The van der Waals surface area contributed by atoms with Crippen molar-refractivity contribution in [3.63, 3.8) is 0 Å². The lowest BCUT2D eigenvalue weighted by Crippen LogP contribution is -2.01. The fourth-order valence-electron chi connectivity index (χ4n) is 1.38. The van der Waals surface area contributed by atoms with Crippen LogP contribution in [-0.2, 0) is 5.88 Å². The molecule has 2 aromatic rings. The first kappa shape index (κ1) is 10.1. The Hall–Kier alpha value is -1.48. The lowest BCUT2D eigenvalue weighted by molar-refractivity contribution is 0.414. The van der Waals surface area contributed by atoms with Crippen LogP contribution in [0.15, 0.2) is 33.5 Å². The summed E-state index contributed by atoms with van der Waals surface area (Å²) in [6, 6.07) is 6.48. The number of hydrogen-bond donors (Lipinski definition) is 0. The second kappa shape index (κ2) is 3.95. The Bertz CT molecular complexity index is 540. The van der Waals surface area contributed by atoms with E-state index >= 15 is 0 Å². The summed E-state index contributed by atoms with van der Waals surface area (Å²) < 4.78 is 10.5. The zero-order chi connectivity index (χ0) is 10.8. The molecule has 78 valence electrons. The van der Waals surface area contributed by atoms with Crippen molar-refractivity contribution in [3.8, 4) is 5.75 Å². The highest BCUT2D eigenvalue weighted by Crippen LogP contribution is 2.19. The first-order valence-corrected chi connectivity index (χ1v) is 4.95. The van der Waals surface area contributed by atoms with Crippen LogP contribution >= 0.6 is 11.6 Å². The van der Waals surface area contributed by atoms with E-state index in [1.165, 1.54) is 6.07 Å². The van der Waals surface area contributed by atoms with E-state index in [-0.39, 0.29) is 11.3 Å². The van der Waals surface area contributed by atoms with Gasteiger partial charge in [-0.25, -0.2) is 0 Å². The normalized spacial score (nSPS) is 10.5. The van der Waals surface area contributed by atoms with Gasteiger partial charge in [0, 0.05) is 12.1 Å². The molecule has 0 aliphatic heterocycles. The lowest BCUT2D eigenvalue weighted by Gasteiger charge is -2.02. The molecule has 3 nitrogen and oxygen atoms in total. The summed E-state index contributed by atoms with van der Waals surface area (Å²) in [7, 11) is 1.56. The van der Waals surface area contributed by atoms with Crippen molar-refractivity contribution < 1.29 is 9.15 Å². The van der Waals surface area contributed by atoms with Crippen LogP contribution in [0.1, 0.15) is 5.76 Å². The number of halogens is 1. The van der Waals surface area contributed by atoms with Gasteiger partial charge in [0.2, 0.25) is 0 Å². The Morgan fingerprint density at radius 2 is 2.20 bits per heavy atom. The minimum absolute atomic E-state index is 0.0884. The minimum Gasteiger partial charge on any atom is -0.497 e. The molecule has 0 fully saturated rings. The van der Waals surface area contributed by atoms with Crippen LogP contribution in [0.5, 0.6) is 5.75 Å². The van der Waals surface area contributed by atoms with Crippen LogP contribution in [0.25, 0.3) is 11.0 Å². The Balaban J connectivity index is 2.75. The molecule has 0 spiro atoms. The second-order valence-electron chi connectivity index (χ2n) is 3.07. The number of benzene rings is 1. The molecule has 0 atom stereocenters. The van der Waals surface area contributed by atoms with E-state index in [0.29, 0.717) is 22.5 Å². The van der Waals surface area contributed by atoms with Gasteiger partial charge in [-0.1, -0.05) is 0 Å². The van der Waals surface area contributed by atoms with E-state index in [1.54, 1.807) is 25.3 Å². The first-order valence-electron chi connectivity index (χ1n) is 4.41. The molecule has 0 amide bonds. The smallest absolute Gasteiger partial charge is 0.192 e. The molecule has 15 heavy (non-hydrogen) atoms. The minimum atomic E-state index is -0.0884. The number of alkyl halides is 1. The quantitative estimate of drug-likeness (QED) is 0.736. The van der Waals surface area contributed by atoms with E-state index < -0.39 is 0 Å². The molecule has 0 radical (unpaired) electrons. The van der Waals surface area contributed by atoms with Crippen molar-refractivity contribution in [2.75, 3.05) is 7.11 Å². The Labute approximate surface area is 91.2 Å². The summed E-state index contributed by atoms with van der Waals surface area (Å²) >= 11 is 5.61. The van der Waals surface area contributed by atoms with Crippen LogP contribution in [0.3, 0.4) is 0 Å². The number of methoxy groups -OCH3 is 1. The Morgan fingerprint density at radius 3 is 2.87 bits per heavy atom. The molecule has 0 saturated heterocycles. The van der Waals surface area contributed by atoms with Crippen molar-refractivity contribution >= 4 is 22.6 Å². The van der Waals surface area contributed by atoms with Crippen LogP contribution in [0, 0.1) is 0 Å². The molecular weight excluding hydrogens is 216 g/mol. The fraction of sp³-hybridized carbons (Fsp3) is 0.182. The first-order chi connectivity index (χ1) is 7.24. The van der Waals surface area contributed by atoms with Gasteiger partial charge in [0.05, 0.1) is 18.4 Å². The van der Waals surface area contributed by atoms with E-state index in [4.69, 9.17) is 20.8 Å². The van der Waals surface area contributed by atoms with Gasteiger partial charge in [0.1, 0.15) is 17.1 Å². The van der Waals surface area contributed by atoms with Gasteiger partial charge in [0.25, 0.3) is 0 Å². The van der Waals surface area contributed by atoms with Gasteiger partial charge in [0.15, 0.2) is 5.43 Å². The molecule has 0 N–H and O–H groups in total. The number of fused-ring (bicyclic) bond motifs is 1. The zero-order valence-electron chi connectivity index (χ0n) is 8.12. The molecule has 1 aromatic heterocycles. The molecule has 1 aromatic carbocycles. The topological polar surface area (TPSA) is 39.4 Å². The standard InChI is InChI=1S/C11H9ClO3/c1-14-7-2-3-9-10(13)4-8(6-12)15-11(9)5-7/h2-5H,6H2,1H3. The number of hydrogen-bond acceptors (Lipinski definition) is 3. The molecule has 4 heteroatoms. The summed E-state index contributed by atoms with van der Waals surface area (Å²) in [6.07, 6.45) is 0. The van der Waals surface area contributed by atoms with Gasteiger partial charge in [-0.3, -0.25) is 4.79 Å². The average molecular weight is 225 g/mol. The Morgan fingerprint density at radius 1 is 1.40 bits per heavy atom. The number of rotatable bonds is 2. The fourth-order valence-corrected chi connectivity index (χ4v) is 1.51. The molecular formula is C11H9ClO3. The Kier molecular flexibility index (Phi) is 2.64. The summed E-state index contributed by atoms with van der Waals surface area (Å²) in [5.74, 6) is 1.29. The van der Waals surface area contributed by atoms with Crippen LogP contribution in [0.4, 0.5) is 0 Å². The van der Waals surface area contributed by atoms with E-state index in [0.717, 1.165) is 0 Å². The zero-order valence-corrected chi connectivity index (χ0v) is 8.88. The summed E-state index contributed by atoms with van der Waals surface area (Å²) in [5, 5.41) is 0.532. The predicted molar refractivity (Wildman–Crippen MR) is 58.6 cm³/mol. The van der Waals surface area contributed by atoms with Crippen LogP contribution in [-0.4, -0.2) is 7.11 Å². The summed E-state index contributed by atoms with van der Waals surface area (Å²) in [6.45, 7) is 0. The highest BCUT2D eigenvalue weighted by molar-refractivity contribution is 6.16. The van der Waals surface area contributed by atoms with Gasteiger partial charge >= 0.3 is 0 Å². The van der Waals surface area contributed by atoms with Crippen molar-refractivity contribution in [2.45, 2.75) is 5.88 Å². The van der Waals surface area contributed by atoms with Gasteiger partial charge in [-0.15, -0.1) is 11.6 Å². The van der Waals surface area contributed by atoms with E-state index in [2.05, 4.69) is 0 Å². The third-order valence-electron chi connectivity index (χ3n) is 2.12. The lowest BCUT2D eigenvalue weighted by atomic mass is 10.2. The third kappa shape index (κ3) is 1.83. The summed E-state index contributed by atoms with van der Waals surface area (Å²) in [4.78, 5) is 11.6. The highest BCUT2D eigenvalue weighted by atomic mass is 35.5. The molecule has 0 aliphatic rings. The molecule has 0 saturated carbocycles. The van der Waals surface area contributed by atoms with Crippen molar-refractivity contribution in [2.24, 2.45) is 0 Å². The molecule has 1 heterocycles. The SMILES string of the molecule is COc1ccc2c(=O)cc(CCl)oc2c1. The predicted octanol–water partition coefficient (Wildman–Crippen LogP) is 2.54. The highest BCUT2D eigenvalue weighted by Gasteiger charge is 2.04. The van der Waals surface area contributed by atoms with Gasteiger partial charge in [-0.2, -0.15) is 0 Å². The largest absolute Gasteiger partial charge is 0.497 e. The maximum Gasteiger partial charge on any atom is 0.192 e. The third-order valence-corrected chi connectivity index (χ3v) is 2.38. The van der Waals surface area contributed by atoms with Crippen molar-refractivity contribution in [1.29, 1.82) is 0 Å². The molecule has 0 unspecified atom stereocenters. The van der Waals surface area contributed by atoms with Crippen molar-refractivity contribution in [1.82, 2.24) is 0 Å². The molecule has 0 bridgehead atoms. The van der Waals surface area contributed by atoms with E-state index in [1.807, 2.05) is 0 Å². The van der Waals surface area contributed by atoms with Crippen LogP contribution < -0.4 is 10.2 Å². The van der Waals surface area contributed by atoms with Gasteiger partial charge < -0.3 is 9.15 Å². The molecule has 0 aliphatic carbocycles. The van der Waals surface area contributed by atoms with Gasteiger partial charge in [-0.05, 0) is 12.1 Å². The van der Waals surface area contributed by atoms with Crippen molar-refractivity contribution in [3.05, 3.63) is 40.2 Å². The monoisotopic (exact) mass is 224 g/mol.